The van der Waals surface area contributed by atoms with Gasteiger partial charge in [-0.15, -0.1) is 0 Å². The molecule has 0 spiro atoms. The third kappa shape index (κ3) is 4.84. The summed E-state index contributed by atoms with van der Waals surface area (Å²) in [5.74, 6) is -5.10. The molecule has 1 aromatic rings. The second-order valence-corrected chi connectivity index (χ2v) is 8.54. The number of nitriles is 1. The highest BCUT2D eigenvalue weighted by Gasteiger charge is 2.35. The van der Waals surface area contributed by atoms with E-state index in [1.807, 2.05) is 0 Å². The first-order valence-electron chi connectivity index (χ1n) is 8.68. The van der Waals surface area contributed by atoms with Crippen molar-refractivity contribution >= 4 is 21.7 Å². The lowest BCUT2D eigenvalue weighted by atomic mass is 9.83. The zero-order valence-corrected chi connectivity index (χ0v) is 16.0. The van der Waals surface area contributed by atoms with Crippen LogP contribution in [0, 0.1) is 11.3 Å². The van der Waals surface area contributed by atoms with Crippen LogP contribution in [0.4, 0.5) is 8.78 Å². The lowest BCUT2D eigenvalue weighted by Crippen LogP contribution is -2.52. The molecule has 0 aromatic heterocycles. The van der Waals surface area contributed by atoms with E-state index in [0.717, 1.165) is 43.5 Å². The Morgan fingerprint density at radius 2 is 1.75 bits per heavy atom. The van der Waals surface area contributed by atoms with E-state index in [2.05, 4.69) is 11.4 Å². The number of sulfone groups is 1. The largest absolute Gasteiger partial charge is 0.449 e. The minimum absolute atomic E-state index is 0.0967. The van der Waals surface area contributed by atoms with Crippen LogP contribution in [0.5, 0.6) is 0 Å². The van der Waals surface area contributed by atoms with Crippen LogP contribution < -0.4 is 5.32 Å². The highest BCUT2D eigenvalue weighted by Crippen LogP contribution is 2.27. The number of alkyl halides is 2. The molecule has 0 radical (unpaired) electrons. The van der Waals surface area contributed by atoms with Gasteiger partial charge in [0.2, 0.25) is 9.84 Å². The maximum atomic E-state index is 12.5. The van der Waals surface area contributed by atoms with Crippen LogP contribution in [-0.2, 0) is 19.4 Å². The van der Waals surface area contributed by atoms with Crippen molar-refractivity contribution in [3.8, 4) is 6.07 Å². The molecule has 2 rings (SSSR count). The van der Waals surface area contributed by atoms with E-state index in [0.29, 0.717) is 12.8 Å². The van der Waals surface area contributed by atoms with Crippen molar-refractivity contribution in [1.82, 2.24) is 5.32 Å². The van der Waals surface area contributed by atoms with E-state index in [4.69, 9.17) is 4.74 Å². The van der Waals surface area contributed by atoms with E-state index in [-0.39, 0.29) is 5.56 Å². The Labute approximate surface area is 161 Å². The van der Waals surface area contributed by atoms with E-state index >= 15 is 0 Å². The molecule has 1 amide bonds. The maximum absolute atomic E-state index is 12.5. The Kier molecular flexibility index (Phi) is 6.72. The van der Waals surface area contributed by atoms with Crippen LogP contribution in [0.15, 0.2) is 29.2 Å². The van der Waals surface area contributed by atoms with Crippen LogP contribution in [-0.4, -0.2) is 37.7 Å². The molecule has 1 aromatic carbocycles. The molecule has 0 unspecified atom stereocenters. The average molecular weight is 414 g/mol. The lowest BCUT2D eigenvalue weighted by molar-refractivity contribution is -0.130. The molecule has 1 saturated carbocycles. The second kappa shape index (κ2) is 8.65. The zero-order valence-electron chi connectivity index (χ0n) is 15.2. The van der Waals surface area contributed by atoms with Crippen LogP contribution in [0.25, 0.3) is 0 Å². The SMILES string of the molecule is C[C@H](OC(=O)c1ccc(S(=O)(=O)C(F)F)cc1)C(=O)NC1(C#N)CCCCC1. The molecular weight excluding hydrogens is 394 g/mol. The first-order valence-corrected chi connectivity index (χ1v) is 10.2. The summed E-state index contributed by atoms with van der Waals surface area (Å²) in [7, 11) is -4.76. The van der Waals surface area contributed by atoms with E-state index in [1.54, 1.807) is 0 Å². The normalized spacial score (nSPS) is 17.4. The van der Waals surface area contributed by atoms with Crippen LogP contribution >= 0.6 is 0 Å². The smallest absolute Gasteiger partial charge is 0.341 e. The Balaban J connectivity index is 2.02. The summed E-state index contributed by atoms with van der Waals surface area (Å²) < 4.78 is 52.9. The van der Waals surface area contributed by atoms with E-state index in [9.17, 15) is 32.0 Å². The van der Waals surface area contributed by atoms with Gasteiger partial charge in [-0.05, 0) is 44.0 Å². The molecule has 1 atom stereocenters. The van der Waals surface area contributed by atoms with E-state index < -0.39 is 44.0 Å². The molecule has 1 aliphatic carbocycles. The first kappa shape index (κ1) is 21.8. The van der Waals surface area contributed by atoms with Gasteiger partial charge >= 0.3 is 11.7 Å². The summed E-state index contributed by atoms with van der Waals surface area (Å²) in [5, 5.41) is 12.0. The zero-order chi connectivity index (χ0) is 20.9. The number of nitrogens with one attached hydrogen (secondary N) is 1. The molecule has 0 aliphatic heterocycles. The number of rotatable bonds is 6. The summed E-state index contributed by atoms with van der Waals surface area (Å²) in [6.07, 6.45) is 2.47. The van der Waals surface area contributed by atoms with Crippen molar-refractivity contribution in [3.63, 3.8) is 0 Å². The first-order chi connectivity index (χ1) is 13.1. The number of benzene rings is 1. The number of carbonyl (C=O) groups excluding carboxylic acids is 2. The third-order valence-electron chi connectivity index (χ3n) is 4.59. The van der Waals surface area contributed by atoms with Gasteiger partial charge < -0.3 is 10.1 Å². The molecule has 0 bridgehead atoms. The number of ether oxygens (including phenoxy) is 1. The average Bonchev–Trinajstić information content (AvgIpc) is 2.68. The number of hydrogen-bond acceptors (Lipinski definition) is 6. The minimum atomic E-state index is -4.76. The molecule has 1 N–H and O–H groups in total. The van der Waals surface area contributed by atoms with E-state index in [1.165, 1.54) is 6.92 Å². The van der Waals surface area contributed by atoms with Crippen molar-refractivity contribution < 1.29 is 31.5 Å². The van der Waals surface area contributed by atoms with Crippen molar-refractivity contribution in [2.75, 3.05) is 0 Å². The molecule has 7 nitrogen and oxygen atoms in total. The van der Waals surface area contributed by atoms with Gasteiger partial charge in [0.15, 0.2) is 6.10 Å². The fourth-order valence-corrected chi connectivity index (χ4v) is 3.64. The van der Waals surface area contributed by atoms with Crippen molar-refractivity contribution in [2.45, 2.75) is 61.3 Å². The third-order valence-corrected chi connectivity index (χ3v) is 5.99. The van der Waals surface area contributed by atoms with Crippen LogP contribution in [0.2, 0.25) is 0 Å². The van der Waals surface area contributed by atoms with Crippen molar-refractivity contribution in [2.24, 2.45) is 0 Å². The van der Waals surface area contributed by atoms with Gasteiger partial charge in [-0.3, -0.25) is 4.79 Å². The Bertz CT molecular complexity index is 872. The molecule has 10 heteroatoms. The van der Waals surface area contributed by atoms with Gasteiger partial charge in [0, 0.05) is 0 Å². The monoisotopic (exact) mass is 414 g/mol. The van der Waals surface area contributed by atoms with Gasteiger partial charge in [0.25, 0.3) is 5.91 Å². The van der Waals surface area contributed by atoms with Gasteiger partial charge in [-0.1, -0.05) is 19.3 Å². The number of nitrogens with zero attached hydrogens (tertiary/aromatic N) is 1. The Hall–Kier alpha value is -2.54. The molecule has 1 aliphatic rings. The lowest BCUT2D eigenvalue weighted by Gasteiger charge is -2.32. The van der Waals surface area contributed by atoms with Crippen molar-refractivity contribution in [3.05, 3.63) is 29.8 Å². The van der Waals surface area contributed by atoms with Gasteiger partial charge in [-0.2, -0.15) is 14.0 Å². The second-order valence-electron chi connectivity index (χ2n) is 6.62. The molecule has 152 valence electrons. The predicted octanol–water partition coefficient (Wildman–Crippen LogP) is 2.57. The molecule has 1 fully saturated rings. The summed E-state index contributed by atoms with van der Waals surface area (Å²) in [4.78, 5) is 23.8. The summed E-state index contributed by atoms with van der Waals surface area (Å²) in [5.41, 5.74) is -1.07. The van der Waals surface area contributed by atoms with Crippen LogP contribution in [0.3, 0.4) is 0 Å². The van der Waals surface area contributed by atoms with Crippen molar-refractivity contribution in [1.29, 1.82) is 5.26 Å². The molecule has 0 heterocycles. The Morgan fingerprint density at radius 3 is 2.25 bits per heavy atom. The number of hydrogen-bond donors (Lipinski definition) is 1. The quantitative estimate of drug-likeness (QED) is 0.716. The predicted molar refractivity (Wildman–Crippen MR) is 94.1 cm³/mol. The fraction of sp³-hybridized carbons (Fsp3) is 0.500. The highest BCUT2D eigenvalue weighted by molar-refractivity contribution is 7.91. The minimum Gasteiger partial charge on any atom is -0.449 e. The Morgan fingerprint density at radius 1 is 1.18 bits per heavy atom. The topological polar surface area (TPSA) is 113 Å². The standard InChI is InChI=1S/C18H20F2N2O5S/c1-12(15(23)22-18(11-21)9-3-2-4-10-18)27-16(24)13-5-7-14(8-6-13)28(25,26)17(19)20/h5-8,12,17H,2-4,9-10H2,1H3,(H,22,23)/t12-/m0/s1. The number of carbonyl (C=O) groups is 2. The molecule has 28 heavy (non-hydrogen) atoms. The maximum Gasteiger partial charge on any atom is 0.341 e. The number of halogens is 2. The molecule has 0 saturated heterocycles. The summed E-state index contributed by atoms with van der Waals surface area (Å²) >= 11 is 0. The van der Waals surface area contributed by atoms with Crippen LogP contribution in [0.1, 0.15) is 49.4 Å². The van der Waals surface area contributed by atoms with Gasteiger partial charge in [0.05, 0.1) is 16.5 Å². The summed E-state index contributed by atoms with van der Waals surface area (Å²) in [6.45, 7) is 1.34. The van der Waals surface area contributed by atoms with Gasteiger partial charge in [0.1, 0.15) is 5.54 Å². The van der Waals surface area contributed by atoms with Gasteiger partial charge in [-0.25, -0.2) is 13.2 Å². The number of amides is 1. The fourth-order valence-electron chi connectivity index (χ4n) is 2.92. The summed E-state index contributed by atoms with van der Waals surface area (Å²) in [6, 6.07) is 5.92. The molecular formula is C18H20F2N2O5S. The highest BCUT2D eigenvalue weighted by atomic mass is 32.2. The number of esters is 1.